The smallest absolute Gasteiger partial charge is 0.328 e. The first-order chi connectivity index (χ1) is 7.51. The number of carboxylic acids is 1. The first-order valence-corrected chi connectivity index (χ1v) is 5.14. The Morgan fingerprint density at radius 3 is 2.50 bits per heavy atom. The Hall–Kier alpha value is -1.14. The summed E-state index contributed by atoms with van der Waals surface area (Å²) in [7, 11) is 1.37. The Bertz CT molecular complexity index is 231. The van der Waals surface area contributed by atoms with Crippen LogP contribution in [0.4, 0.5) is 0 Å². The first-order valence-electron chi connectivity index (χ1n) is 5.14. The third-order valence-electron chi connectivity index (χ3n) is 2.04. The number of methoxy groups -OCH3 is 1. The average Bonchev–Trinajstić information content (AvgIpc) is 2.25. The van der Waals surface area contributed by atoms with Crippen molar-refractivity contribution < 1.29 is 24.2 Å². The molecule has 0 aliphatic rings. The molecular weight excluding hydrogens is 214 g/mol. The highest BCUT2D eigenvalue weighted by Gasteiger charge is 2.19. The second-order valence-electron chi connectivity index (χ2n) is 3.44. The predicted octanol–water partition coefficient (Wildman–Crippen LogP) is 0.0173. The lowest BCUT2D eigenvalue weighted by Crippen LogP contribution is -2.45. The van der Waals surface area contributed by atoms with Crippen LogP contribution in [0.2, 0.25) is 0 Å². The molecule has 6 nitrogen and oxygen atoms in total. The van der Waals surface area contributed by atoms with Crippen LogP contribution in [0.15, 0.2) is 0 Å². The van der Waals surface area contributed by atoms with Gasteiger partial charge in [0, 0.05) is 7.11 Å². The van der Waals surface area contributed by atoms with E-state index in [4.69, 9.17) is 9.84 Å². The quantitative estimate of drug-likeness (QED) is 0.617. The molecule has 2 N–H and O–H groups in total. The number of amides is 1. The summed E-state index contributed by atoms with van der Waals surface area (Å²) in [6.07, 6.45) is 0.782. The number of rotatable bonds is 8. The highest BCUT2D eigenvalue weighted by Crippen LogP contribution is 1.95. The molecule has 1 amide bonds. The van der Waals surface area contributed by atoms with E-state index in [1.54, 1.807) is 0 Å². The van der Waals surface area contributed by atoms with Gasteiger partial charge in [0.05, 0.1) is 12.7 Å². The third-order valence-corrected chi connectivity index (χ3v) is 2.04. The Kier molecular flexibility index (Phi) is 7.49. The number of carbonyl (C=O) groups is 2. The van der Waals surface area contributed by atoms with Gasteiger partial charge in [0.2, 0.25) is 5.91 Å². The first kappa shape index (κ1) is 14.9. The van der Waals surface area contributed by atoms with Crippen LogP contribution >= 0.6 is 0 Å². The zero-order valence-corrected chi connectivity index (χ0v) is 9.86. The van der Waals surface area contributed by atoms with Gasteiger partial charge in [-0.15, -0.1) is 0 Å². The average molecular weight is 233 g/mol. The molecule has 2 atom stereocenters. The summed E-state index contributed by atoms with van der Waals surface area (Å²) in [6.45, 7) is 3.58. The number of hydrogen-bond donors (Lipinski definition) is 2. The lowest BCUT2D eigenvalue weighted by Gasteiger charge is -2.15. The zero-order chi connectivity index (χ0) is 12.6. The van der Waals surface area contributed by atoms with E-state index >= 15 is 0 Å². The maximum Gasteiger partial charge on any atom is 0.328 e. The summed E-state index contributed by atoms with van der Waals surface area (Å²) in [5.41, 5.74) is 0. The fourth-order valence-corrected chi connectivity index (χ4v) is 0.913. The minimum absolute atomic E-state index is 0.0172. The van der Waals surface area contributed by atoms with E-state index < -0.39 is 17.9 Å². The van der Waals surface area contributed by atoms with E-state index in [9.17, 15) is 9.59 Å². The van der Waals surface area contributed by atoms with Gasteiger partial charge in [-0.3, -0.25) is 4.79 Å². The Morgan fingerprint density at radius 2 is 2.06 bits per heavy atom. The molecule has 0 radical (unpaired) electrons. The van der Waals surface area contributed by atoms with Crippen molar-refractivity contribution in [3.8, 4) is 0 Å². The molecule has 0 aromatic rings. The standard InChI is InChI=1S/C10H19NO5/c1-4-7(2)16-6-9(12)11-8(5-15-3)10(13)14/h7-8H,4-6H2,1-3H3,(H,11,12)(H,13,14). The minimum Gasteiger partial charge on any atom is -0.480 e. The molecule has 0 aromatic carbocycles. The lowest BCUT2D eigenvalue weighted by atomic mass is 10.3. The monoisotopic (exact) mass is 233 g/mol. The van der Waals surface area contributed by atoms with E-state index in [-0.39, 0.29) is 19.3 Å². The van der Waals surface area contributed by atoms with Crippen molar-refractivity contribution in [3.05, 3.63) is 0 Å². The highest BCUT2D eigenvalue weighted by atomic mass is 16.5. The second kappa shape index (κ2) is 8.06. The zero-order valence-electron chi connectivity index (χ0n) is 9.86. The summed E-state index contributed by atoms with van der Waals surface area (Å²) < 4.78 is 9.84. The van der Waals surface area contributed by atoms with Gasteiger partial charge in [-0.2, -0.15) is 0 Å². The van der Waals surface area contributed by atoms with Gasteiger partial charge < -0.3 is 19.9 Å². The number of nitrogens with one attached hydrogen (secondary N) is 1. The van der Waals surface area contributed by atoms with Crippen LogP contribution in [-0.2, 0) is 19.1 Å². The molecule has 0 rings (SSSR count). The molecular formula is C10H19NO5. The van der Waals surface area contributed by atoms with E-state index in [2.05, 4.69) is 10.1 Å². The number of aliphatic carboxylic acids is 1. The molecule has 94 valence electrons. The van der Waals surface area contributed by atoms with Gasteiger partial charge in [0.25, 0.3) is 0 Å². The molecule has 0 saturated carbocycles. The SMILES string of the molecule is CCC(C)OCC(=O)NC(COC)C(=O)O. The highest BCUT2D eigenvalue weighted by molar-refractivity contribution is 5.84. The fourth-order valence-electron chi connectivity index (χ4n) is 0.913. The predicted molar refractivity (Wildman–Crippen MR) is 57.1 cm³/mol. The van der Waals surface area contributed by atoms with Gasteiger partial charge in [-0.05, 0) is 13.3 Å². The van der Waals surface area contributed by atoms with E-state index in [0.717, 1.165) is 6.42 Å². The molecule has 16 heavy (non-hydrogen) atoms. The molecule has 0 spiro atoms. The maximum atomic E-state index is 11.3. The van der Waals surface area contributed by atoms with Crippen LogP contribution in [0, 0.1) is 0 Å². The number of carbonyl (C=O) groups excluding carboxylic acids is 1. The van der Waals surface area contributed by atoms with Gasteiger partial charge in [-0.25, -0.2) is 4.79 Å². The number of ether oxygens (including phenoxy) is 2. The maximum absolute atomic E-state index is 11.3. The molecule has 0 aliphatic heterocycles. The van der Waals surface area contributed by atoms with Crippen LogP contribution in [0.1, 0.15) is 20.3 Å². The van der Waals surface area contributed by atoms with Crippen LogP contribution in [0.5, 0.6) is 0 Å². The molecule has 0 fully saturated rings. The lowest BCUT2D eigenvalue weighted by molar-refractivity contribution is -0.144. The van der Waals surface area contributed by atoms with Gasteiger partial charge >= 0.3 is 5.97 Å². The molecule has 2 unspecified atom stereocenters. The second-order valence-corrected chi connectivity index (χ2v) is 3.44. The van der Waals surface area contributed by atoms with Crippen molar-refractivity contribution in [3.63, 3.8) is 0 Å². The van der Waals surface area contributed by atoms with Crippen molar-refractivity contribution in [2.24, 2.45) is 0 Å². The summed E-state index contributed by atoms with van der Waals surface area (Å²) in [5, 5.41) is 11.0. The molecule has 0 aliphatic carbocycles. The van der Waals surface area contributed by atoms with Crippen molar-refractivity contribution in [2.45, 2.75) is 32.4 Å². The fraction of sp³-hybridized carbons (Fsp3) is 0.800. The third kappa shape index (κ3) is 6.36. The van der Waals surface area contributed by atoms with E-state index in [1.165, 1.54) is 7.11 Å². The van der Waals surface area contributed by atoms with Gasteiger partial charge in [-0.1, -0.05) is 6.92 Å². The molecule has 0 aromatic heterocycles. The Morgan fingerprint density at radius 1 is 1.44 bits per heavy atom. The molecule has 0 heterocycles. The van der Waals surface area contributed by atoms with Crippen molar-refractivity contribution in [2.75, 3.05) is 20.3 Å². The van der Waals surface area contributed by atoms with Crippen LogP contribution in [0.25, 0.3) is 0 Å². The van der Waals surface area contributed by atoms with E-state index in [1.807, 2.05) is 13.8 Å². The van der Waals surface area contributed by atoms with Gasteiger partial charge in [0.1, 0.15) is 6.61 Å². The molecule has 0 saturated heterocycles. The summed E-state index contributed by atoms with van der Waals surface area (Å²) in [4.78, 5) is 22.0. The Balaban J connectivity index is 3.95. The molecule has 6 heteroatoms. The summed E-state index contributed by atoms with van der Waals surface area (Å²) in [5.74, 6) is -1.58. The summed E-state index contributed by atoms with van der Waals surface area (Å²) in [6, 6.07) is -1.03. The van der Waals surface area contributed by atoms with Crippen molar-refractivity contribution >= 4 is 11.9 Å². The topological polar surface area (TPSA) is 84.9 Å². The van der Waals surface area contributed by atoms with Crippen LogP contribution < -0.4 is 5.32 Å². The normalized spacial score (nSPS) is 14.2. The van der Waals surface area contributed by atoms with Crippen molar-refractivity contribution in [1.82, 2.24) is 5.32 Å². The van der Waals surface area contributed by atoms with Crippen LogP contribution in [-0.4, -0.2) is 49.5 Å². The molecule has 0 bridgehead atoms. The van der Waals surface area contributed by atoms with Gasteiger partial charge in [0.15, 0.2) is 6.04 Å². The van der Waals surface area contributed by atoms with Crippen molar-refractivity contribution in [1.29, 1.82) is 0 Å². The summed E-state index contributed by atoms with van der Waals surface area (Å²) >= 11 is 0. The van der Waals surface area contributed by atoms with Crippen LogP contribution in [0.3, 0.4) is 0 Å². The minimum atomic E-state index is -1.13. The largest absolute Gasteiger partial charge is 0.480 e. The number of carboxylic acid groups (broad SMARTS) is 1. The Labute approximate surface area is 94.9 Å². The van der Waals surface area contributed by atoms with E-state index in [0.29, 0.717) is 0 Å². The number of hydrogen-bond acceptors (Lipinski definition) is 4.